The molecule has 0 aliphatic rings. The van der Waals surface area contributed by atoms with E-state index in [1.165, 1.54) is 0 Å². The van der Waals surface area contributed by atoms with E-state index in [9.17, 15) is 4.79 Å². The summed E-state index contributed by atoms with van der Waals surface area (Å²) >= 11 is 3.36. The number of nitrogens with zero attached hydrogens (tertiary/aromatic N) is 1. The zero-order chi connectivity index (χ0) is 16.8. The van der Waals surface area contributed by atoms with E-state index in [4.69, 9.17) is 9.47 Å². The Bertz CT molecular complexity index is 670. The van der Waals surface area contributed by atoms with Crippen molar-refractivity contribution in [1.29, 1.82) is 0 Å². The van der Waals surface area contributed by atoms with Crippen LogP contribution in [0.1, 0.15) is 11.1 Å². The van der Waals surface area contributed by atoms with E-state index in [0.717, 1.165) is 21.3 Å². The SMILES string of the molecule is COc1ccc(C)cc1CN(C)C(=O)COc1ccc(Br)cc1. The van der Waals surface area contributed by atoms with Crippen LogP contribution in [0.2, 0.25) is 0 Å². The Morgan fingerprint density at radius 2 is 1.87 bits per heavy atom. The molecule has 2 aromatic carbocycles. The number of hydrogen-bond acceptors (Lipinski definition) is 3. The van der Waals surface area contributed by atoms with E-state index >= 15 is 0 Å². The number of hydrogen-bond donors (Lipinski definition) is 0. The highest BCUT2D eigenvalue weighted by molar-refractivity contribution is 9.10. The maximum atomic E-state index is 12.2. The lowest BCUT2D eigenvalue weighted by atomic mass is 10.1. The molecular weight excluding hydrogens is 358 g/mol. The monoisotopic (exact) mass is 377 g/mol. The second kappa shape index (κ2) is 8.02. The molecule has 0 bridgehead atoms. The third-order valence-corrected chi connectivity index (χ3v) is 3.97. The van der Waals surface area contributed by atoms with Gasteiger partial charge in [0.2, 0.25) is 0 Å². The molecule has 0 N–H and O–H groups in total. The van der Waals surface area contributed by atoms with Gasteiger partial charge in [-0.1, -0.05) is 33.6 Å². The van der Waals surface area contributed by atoms with Crippen molar-refractivity contribution in [3.8, 4) is 11.5 Å². The first-order chi connectivity index (χ1) is 11.0. The van der Waals surface area contributed by atoms with Crippen LogP contribution in [0.3, 0.4) is 0 Å². The van der Waals surface area contributed by atoms with Crippen molar-refractivity contribution in [2.24, 2.45) is 0 Å². The molecule has 0 fully saturated rings. The van der Waals surface area contributed by atoms with Gasteiger partial charge in [0.25, 0.3) is 5.91 Å². The van der Waals surface area contributed by atoms with Crippen LogP contribution in [-0.4, -0.2) is 31.6 Å². The van der Waals surface area contributed by atoms with Gasteiger partial charge in [0.1, 0.15) is 11.5 Å². The predicted octanol–water partition coefficient (Wildman–Crippen LogP) is 3.80. The molecule has 0 aliphatic heterocycles. The number of benzene rings is 2. The average Bonchev–Trinajstić information content (AvgIpc) is 2.54. The number of likely N-dealkylation sites (N-methyl/N-ethyl adjacent to an activating group) is 1. The molecule has 0 saturated carbocycles. The van der Waals surface area contributed by atoms with Crippen LogP contribution < -0.4 is 9.47 Å². The second-order valence-corrected chi connectivity index (χ2v) is 6.22. The van der Waals surface area contributed by atoms with E-state index in [0.29, 0.717) is 12.3 Å². The summed E-state index contributed by atoms with van der Waals surface area (Å²) in [7, 11) is 3.39. The molecule has 0 radical (unpaired) electrons. The van der Waals surface area contributed by atoms with Crippen molar-refractivity contribution in [3.63, 3.8) is 0 Å². The summed E-state index contributed by atoms with van der Waals surface area (Å²) in [4.78, 5) is 13.9. The molecular formula is C18H20BrNO3. The summed E-state index contributed by atoms with van der Waals surface area (Å²) in [6, 6.07) is 13.3. The molecule has 1 amide bonds. The molecule has 0 saturated heterocycles. The Morgan fingerprint density at radius 3 is 2.52 bits per heavy atom. The van der Waals surface area contributed by atoms with Crippen LogP contribution in [0.15, 0.2) is 46.9 Å². The quantitative estimate of drug-likeness (QED) is 0.768. The van der Waals surface area contributed by atoms with Crippen LogP contribution >= 0.6 is 15.9 Å². The highest BCUT2D eigenvalue weighted by Gasteiger charge is 2.13. The maximum Gasteiger partial charge on any atom is 0.260 e. The third-order valence-electron chi connectivity index (χ3n) is 3.45. The molecule has 122 valence electrons. The summed E-state index contributed by atoms with van der Waals surface area (Å²) in [5.41, 5.74) is 2.11. The number of halogens is 1. The van der Waals surface area contributed by atoms with Gasteiger partial charge in [0.15, 0.2) is 6.61 Å². The number of carbonyl (C=O) groups is 1. The summed E-state index contributed by atoms with van der Waals surface area (Å²) in [5.74, 6) is 1.36. The fourth-order valence-electron chi connectivity index (χ4n) is 2.16. The van der Waals surface area contributed by atoms with Crippen molar-refractivity contribution >= 4 is 21.8 Å². The standard InChI is InChI=1S/C18H20BrNO3/c1-13-4-9-17(22-3)14(10-13)11-20(2)18(21)12-23-16-7-5-15(19)6-8-16/h4-10H,11-12H2,1-3H3. The molecule has 0 heterocycles. The van der Waals surface area contributed by atoms with Gasteiger partial charge >= 0.3 is 0 Å². The molecule has 0 unspecified atom stereocenters. The van der Waals surface area contributed by atoms with Gasteiger partial charge in [-0.25, -0.2) is 0 Å². The maximum absolute atomic E-state index is 12.2. The van der Waals surface area contributed by atoms with Crippen LogP contribution in [0, 0.1) is 6.92 Å². The Morgan fingerprint density at radius 1 is 1.17 bits per heavy atom. The van der Waals surface area contributed by atoms with E-state index < -0.39 is 0 Å². The van der Waals surface area contributed by atoms with Crippen molar-refractivity contribution < 1.29 is 14.3 Å². The first kappa shape index (κ1) is 17.3. The first-order valence-corrected chi connectivity index (χ1v) is 8.04. The van der Waals surface area contributed by atoms with Crippen molar-refractivity contribution in [2.45, 2.75) is 13.5 Å². The van der Waals surface area contributed by atoms with Gasteiger partial charge in [-0.2, -0.15) is 0 Å². The number of aryl methyl sites for hydroxylation is 1. The molecule has 0 aliphatic carbocycles. The molecule has 0 atom stereocenters. The smallest absolute Gasteiger partial charge is 0.260 e. The minimum Gasteiger partial charge on any atom is -0.496 e. The Balaban J connectivity index is 1.94. The normalized spacial score (nSPS) is 10.3. The molecule has 5 heteroatoms. The minimum absolute atomic E-state index is 0.00621. The van der Waals surface area contributed by atoms with Gasteiger partial charge < -0.3 is 14.4 Å². The van der Waals surface area contributed by atoms with Gasteiger partial charge in [0.05, 0.1) is 7.11 Å². The lowest BCUT2D eigenvalue weighted by Gasteiger charge is -2.19. The molecule has 23 heavy (non-hydrogen) atoms. The lowest BCUT2D eigenvalue weighted by molar-refractivity contribution is -0.132. The summed E-state index contributed by atoms with van der Waals surface area (Å²) in [6.45, 7) is 2.50. The van der Waals surface area contributed by atoms with Crippen molar-refractivity contribution in [2.75, 3.05) is 20.8 Å². The highest BCUT2D eigenvalue weighted by Crippen LogP contribution is 2.21. The van der Waals surface area contributed by atoms with E-state index in [2.05, 4.69) is 15.9 Å². The summed E-state index contributed by atoms with van der Waals surface area (Å²) in [6.07, 6.45) is 0. The largest absolute Gasteiger partial charge is 0.496 e. The van der Waals surface area contributed by atoms with Crippen molar-refractivity contribution in [3.05, 3.63) is 58.1 Å². The zero-order valence-corrected chi connectivity index (χ0v) is 15.1. The van der Waals surface area contributed by atoms with Crippen LogP contribution in [0.4, 0.5) is 0 Å². The predicted molar refractivity (Wildman–Crippen MR) is 93.8 cm³/mol. The van der Waals surface area contributed by atoms with Gasteiger partial charge in [-0.05, 0) is 37.3 Å². The molecule has 0 spiro atoms. The minimum atomic E-state index is -0.0866. The van der Waals surface area contributed by atoms with Gasteiger partial charge in [-0.15, -0.1) is 0 Å². The molecule has 2 rings (SSSR count). The fourth-order valence-corrected chi connectivity index (χ4v) is 2.43. The van der Waals surface area contributed by atoms with Gasteiger partial charge in [-0.3, -0.25) is 4.79 Å². The van der Waals surface area contributed by atoms with E-state index in [1.807, 2.05) is 49.4 Å². The number of carbonyl (C=O) groups excluding carboxylic acids is 1. The summed E-state index contributed by atoms with van der Waals surface area (Å²) in [5, 5.41) is 0. The number of methoxy groups -OCH3 is 1. The lowest BCUT2D eigenvalue weighted by Crippen LogP contribution is -2.31. The zero-order valence-electron chi connectivity index (χ0n) is 13.5. The fraction of sp³-hybridized carbons (Fsp3) is 0.278. The van der Waals surface area contributed by atoms with E-state index in [-0.39, 0.29) is 12.5 Å². The molecule has 4 nitrogen and oxygen atoms in total. The van der Waals surface area contributed by atoms with Crippen LogP contribution in [-0.2, 0) is 11.3 Å². The van der Waals surface area contributed by atoms with Crippen LogP contribution in [0.5, 0.6) is 11.5 Å². The average molecular weight is 378 g/mol. The molecule has 2 aromatic rings. The third kappa shape index (κ3) is 4.99. The van der Waals surface area contributed by atoms with Crippen LogP contribution in [0.25, 0.3) is 0 Å². The van der Waals surface area contributed by atoms with Gasteiger partial charge in [0, 0.05) is 23.6 Å². The topological polar surface area (TPSA) is 38.8 Å². The second-order valence-electron chi connectivity index (χ2n) is 5.31. The first-order valence-electron chi connectivity index (χ1n) is 7.25. The van der Waals surface area contributed by atoms with E-state index in [1.54, 1.807) is 19.1 Å². The number of amides is 1. The Hall–Kier alpha value is -2.01. The Labute approximate surface area is 145 Å². The van der Waals surface area contributed by atoms with Crippen molar-refractivity contribution in [1.82, 2.24) is 4.90 Å². The highest BCUT2D eigenvalue weighted by atomic mass is 79.9. The Kier molecular flexibility index (Phi) is 6.04. The number of rotatable bonds is 6. The summed E-state index contributed by atoms with van der Waals surface area (Å²) < 4.78 is 11.8. The molecule has 0 aromatic heterocycles. The number of ether oxygens (including phenoxy) is 2.